The van der Waals surface area contributed by atoms with E-state index < -0.39 is 0 Å². The molecule has 0 saturated carbocycles. The second kappa shape index (κ2) is 6.77. The van der Waals surface area contributed by atoms with Gasteiger partial charge in [0, 0.05) is 25.2 Å². The Morgan fingerprint density at radius 3 is 2.62 bits per heavy atom. The largest absolute Gasteiger partial charge is 0.466 e. The molecule has 1 saturated heterocycles. The molecule has 0 bridgehead atoms. The number of nitrogens with one attached hydrogen (secondary N) is 1. The first kappa shape index (κ1) is 16.7. The van der Waals surface area contributed by atoms with Gasteiger partial charge in [-0.1, -0.05) is 12.1 Å². The molecule has 0 radical (unpaired) electrons. The molecule has 0 atom stereocenters. The number of hydrogen-bond acceptors (Lipinski definition) is 3. The van der Waals surface area contributed by atoms with Gasteiger partial charge in [0.2, 0.25) is 0 Å². The van der Waals surface area contributed by atoms with Gasteiger partial charge in [-0.25, -0.2) is 4.39 Å². The van der Waals surface area contributed by atoms with Gasteiger partial charge in [-0.05, 0) is 50.5 Å². The van der Waals surface area contributed by atoms with Gasteiger partial charge < -0.3 is 14.5 Å². The summed E-state index contributed by atoms with van der Waals surface area (Å²) in [5, 5.41) is 3.00. The topological polar surface area (TPSA) is 51.5 Å². The molecule has 0 unspecified atom stereocenters. The van der Waals surface area contributed by atoms with E-state index in [0.717, 1.165) is 18.4 Å². The molecule has 128 valence electrons. The monoisotopic (exact) mass is 331 g/mol. The molecule has 1 aromatic carbocycles. The summed E-state index contributed by atoms with van der Waals surface area (Å²) in [7, 11) is 0. The van der Waals surface area contributed by atoms with Crippen molar-refractivity contribution in [3.05, 3.63) is 58.8 Å². The van der Waals surface area contributed by atoms with Gasteiger partial charge in [-0.15, -0.1) is 0 Å². The van der Waals surface area contributed by atoms with Gasteiger partial charge >= 0.3 is 0 Å². The third-order valence-electron chi connectivity index (χ3n) is 4.76. The summed E-state index contributed by atoms with van der Waals surface area (Å²) < 4.78 is 24.6. The summed E-state index contributed by atoms with van der Waals surface area (Å²) in [5.41, 5.74) is 1.16. The molecular formula is C19H22FNO3. The van der Waals surface area contributed by atoms with Crippen LogP contribution in [0.4, 0.5) is 4.39 Å². The fourth-order valence-corrected chi connectivity index (χ4v) is 3.35. The Bertz CT molecular complexity index is 732. The van der Waals surface area contributed by atoms with Crippen LogP contribution < -0.4 is 5.32 Å². The fraction of sp³-hybridized carbons (Fsp3) is 0.421. The average molecular weight is 331 g/mol. The summed E-state index contributed by atoms with van der Waals surface area (Å²) >= 11 is 0. The lowest BCUT2D eigenvalue weighted by atomic mass is 9.74. The third kappa shape index (κ3) is 3.36. The van der Waals surface area contributed by atoms with E-state index in [1.54, 1.807) is 25.1 Å². The minimum atomic E-state index is -0.303. The molecule has 2 heterocycles. The van der Waals surface area contributed by atoms with E-state index in [2.05, 4.69) is 5.32 Å². The molecule has 2 aromatic rings. The van der Waals surface area contributed by atoms with Crippen LogP contribution in [0.25, 0.3) is 0 Å². The highest BCUT2D eigenvalue weighted by molar-refractivity contribution is 5.95. The van der Waals surface area contributed by atoms with Crippen molar-refractivity contribution in [2.75, 3.05) is 19.8 Å². The highest BCUT2D eigenvalue weighted by Crippen LogP contribution is 2.34. The minimum absolute atomic E-state index is 0.161. The molecule has 1 N–H and O–H groups in total. The van der Waals surface area contributed by atoms with Crippen LogP contribution >= 0.6 is 0 Å². The van der Waals surface area contributed by atoms with Crippen LogP contribution in [0.3, 0.4) is 0 Å². The molecule has 1 amide bonds. The number of rotatable bonds is 4. The number of furan rings is 1. The molecule has 24 heavy (non-hydrogen) atoms. The van der Waals surface area contributed by atoms with Crippen molar-refractivity contribution in [2.24, 2.45) is 0 Å². The maximum Gasteiger partial charge on any atom is 0.254 e. The van der Waals surface area contributed by atoms with Crippen molar-refractivity contribution in [1.82, 2.24) is 5.32 Å². The van der Waals surface area contributed by atoms with Gasteiger partial charge in [0.15, 0.2) is 0 Å². The first-order valence-corrected chi connectivity index (χ1v) is 8.19. The van der Waals surface area contributed by atoms with Crippen LogP contribution in [-0.2, 0) is 10.2 Å². The number of ether oxygens (including phenoxy) is 1. The first-order chi connectivity index (χ1) is 11.5. The standard InChI is InChI=1S/C19H22FNO3/c1-13-10-17(14(2)24-13)18(22)21-12-19(6-8-23-9-7-19)15-4-3-5-16(20)11-15/h3-5,10-11H,6-9,12H2,1-2H3,(H,21,22). The van der Waals surface area contributed by atoms with Gasteiger partial charge in [0.1, 0.15) is 17.3 Å². The van der Waals surface area contributed by atoms with E-state index in [4.69, 9.17) is 9.15 Å². The van der Waals surface area contributed by atoms with Crippen molar-refractivity contribution in [1.29, 1.82) is 0 Å². The van der Waals surface area contributed by atoms with Crippen molar-refractivity contribution < 1.29 is 18.3 Å². The zero-order chi connectivity index (χ0) is 17.2. The second-order valence-corrected chi connectivity index (χ2v) is 6.41. The van der Waals surface area contributed by atoms with E-state index in [-0.39, 0.29) is 17.1 Å². The Balaban J connectivity index is 1.80. The predicted molar refractivity (Wildman–Crippen MR) is 88.6 cm³/mol. The van der Waals surface area contributed by atoms with Crippen molar-refractivity contribution >= 4 is 5.91 Å². The summed E-state index contributed by atoms with van der Waals surface area (Å²) in [6, 6.07) is 8.38. The first-order valence-electron chi connectivity index (χ1n) is 8.19. The van der Waals surface area contributed by atoms with Crippen LogP contribution in [0.5, 0.6) is 0 Å². The lowest BCUT2D eigenvalue weighted by molar-refractivity contribution is 0.0486. The summed E-state index contributed by atoms with van der Waals surface area (Å²) in [4.78, 5) is 12.5. The van der Waals surface area contributed by atoms with Crippen LogP contribution in [0.15, 0.2) is 34.7 Å². The van der Waals surface area contributed by atoms with Crippen LogP contribution in [0.1, 0.15) is 40.3 Å². The molecule has 1 aromatic heterocycles. The van der Waals surface area contributed by atoms with E-state index in [0.29, 0.717) is 36.8 Å². The molecule has 0 spiro atoms. The van der Waals surface area contributed by atoms with Crippen molar-refractivity contribution in [2.45, 2.75) is 32.1 Å². The maximum atomic E-state index is 13.7. The molecule has 0 aliphatic carbocycles. The predicted octanol–water partition coefficient (Wildman–Crippen LogP) is 3.51. The van der Waals surface area contributed by atoms with Crippen LogP contribution in [0.2, 0.25) is 0 Å². The number of carbonyl (C=O) groups is 1. The molecule has 4 nitrogen and oxygen atoms in total. The number of carbonyl (C=O) groups excluding carboxylic acids is 1. The Morgan fingerprint density at radius 2 is 2.00 bits per heavy atom. The number of aryl methyl sites for hydroxylation is 2. The average Bonchev–Trinajstić information content (AvgIpc) is 2.92. The van der Waals surface area contributed by atoms with Crippen LogP contribution in [-0.4, -0.2) is 25.7 Å². The van der Waals surface area contributed by atoms with E-state index >= 15 is 0 Å². The van der Waals surface area contributed by atoms with E-state index in [1.807, 2.05) is 13.0 Å². The lowest BCUT2D eigenvalue weighted by Gasteiger charge is -2.38. The SMILES string of the molecule is Cc1cc(C(=O)NCC2(c3cccc(F)c3)CCOCC2)c(C)o1. The zero-order valence-corrected chi connectivity index (χ0v) is 14.0. The summed E-state index contributed by atoms with van der Waals surface area (Å²) in [5.74, 6) is 0.901. The summed E-state index contributed by atoms with van der Waals surface area (Å²) in [6.07, 6.45) is 1.50. The normalized spacial score (nSPS) is 16.8. The molecule has 3 rings (SSSR count). The van der Waals surface area contributed by atoms with Crippen molar-refractivity contribution in [3.8, 4) is 0 Å². The quantitative estimate of drug-likeness (QED) is 0.933. The Morgan fingerprint density at radius 1 is 1.25 bits per heavy atom. The van der Waals surface area contributed by atoms with Gasteiger partial charge in [-0.3, -0.25) is 4.79 Å². The molecule has 1 aliphatic rings. The highest BCUT2D eigenvalue weighted by atomic mass is 19.1. The molecular weight excluding hydrogens is 309 g/mol. The van der Waals surface area contributed by atoms with Gasteiger partial charge in [0.25, 0.3) is 5.91 Å². The minimum Gasteiger partial charge on any atom is -0.466 e. The molecule has 1 fully saturated rings. The number of halogens is 1. The molecule has 1 aliphatic heterocycles. The summed E-state index contributed by atoms with van der Waals surface area (Å²) in [6.45, 7) is 5.25. The van der Waals surface area contributed by atoms with Crippen molar-refractivity contribution in [3.63, 3.8) is 0 Å². The fourth-order valence-electron chi connectivity index (χ4n) is 3.35. The lowest BCUT2D eigenvalue weighted by Crippen LogP contribution is -2.44. The Hall–Kier alpha value is -2.14. The Kier molecular flexibility index (Phi) is 4.71. The highest BCUT2D eigenvalue weighted by Gasteiger charge is 2.35. The van der Waals surface area contributed by atoms with E-state index in [1.165, 1.54) is 6.07 Å². The van der Waals surface area contributed by atoms with E-state index in [9.17, 15) is 9.18 Å². The third-order valence-corrected chi connectivity index (χ3v) is 4.76. The number of benzene rings is 1. The maximum absolute atomic E-state index is 13.7. The second-order valence-electron chi connectivity index (χ2n) is 6.41. The Labute approximate surface area is 141 Å². The van der Waals surface area contributed by atoms with Gasteiger partial charge in [-0.2, -0.15) is 0 Å². The zero-order valence-electron chi connectivity index (χ0n) is 14.0. The molecule has 5 heteroatoms. The van der Waals surface area contributed by atoms with Gasteiger partial charge in [0.05, 0.1) is 5.56 Å². The number of hydrogen-bond donors (Lipinski definition) is 1. The van der Waals surface area contributed by atoms with Crippen LogP contribution in [0, 0.1) is 19.7 Å². The smallest absolute Gasteiger partial charge is 0.254 e. The number of amides is 1.